The number of carbonyl (C=O) groups excluding carboxylic acids is 2. The molecule has 0 aromatic heterocycles. The van der Waals surface area contributed by atoms with Crippen LogP contribution in [-0.4, -0.2) is 152 Å². The molecule has 0 aromatic rings. The Balaban J connectivity index is -0.0000000900. The number of ether oxygens (including phenoxy) is 6. The van der Waals surface area contributed by atoms with Crippen LogP contribution in [0.25, 0.3) is 0 Å². The lowest BCUT2D eigenvalue weighted by atomic mass is 10.2. The Morgan fingerprint density at radius 1 is 0.569 bits per heavy atom. The lowest BCUT2D eigenvalue weighted by Gasteiger charge is -1.98. The highest BCUT2D eigenvalue weighted by atomic mass is 17.1. The number of hydrogen-bond acceptors (Lipinski definition) is 16. The molecule has 0 fully saturated rings. The molecule has 0 aliphatic carbocycles. The monoisotopic (exact) mass is 755 g/mol. The van der Waals surface area contributed by atoms with Crippen LogP contribution in [0.3, 0.4) is 0 Å². The molecule has 0 atom stereocenters. The summed E-state index contributed by atoms with van der Waals surface area (Å²) in [5.41, 5.74) is 5.14. The van der Waals surface area contributed by atoms with Gasteiger partial charge in [-0.15, -0.1) is 0 Å². The van der Waals surface area contributed by atoms with Gasteiger partial charge in [0.15, 0.2) is 5.78 Å². The average molecular weight is 755 g/mol. The molecule has 0 saturated heterocycles. The van der Waals surface area contributed by atoms with Crippen molar-refractivity contribution in [3.63, 3.8) is 0 Å². The maximum Gasteiger partial charge on any atom is 0.305 e. The number of aliphatic carboxylic acids is 1. The summed E-state index contributed by atoms with van der Waals surface area (Å²) in [7, 11) is 4.95. The quantitative estimate of drug-likeness (QED) is 0.0400. The van der Waals surface area contributed by atoms with E-state index in [1.807, 2.05) is 6.92 Å². The second-order valence-electron chi connectivity index (χ2n) is 9.91. The first kappa shape index (κ1) is 64.3. The summed E-state index contributed by atoms with van der Waals surface area (Å²) in [5.74, 6) is 4.06. The van der Waals surface area contributed by atoms with Gasteiger partial charge in [0, 0.05) is 54.1 Å². The van der Waals surface area contributed by atoms with Gasteiger partial charge in [0.25, 0.3) is 0 Å². The predicted octanol–water partition coefficient (Wildman–Crippen LogP) is 3.05. The maximum atomic E-state index is 10.2. The molecule has 0 aliphatic rings. The second kappa shape index (κ2) is 73.7. The third kappa shape index (κ3) is 129. The van der Waals surface area contributed by atoms with Gasteiger partial charge in [-0.3, -0.25) is 14.8 Å². The van der Waals surface area contributed by atoms with Crippen molar-refractivity contribution < 1.29 is 73.1 Å². The maximum absolute atomic E-state index is 10.2. The molecule has 0 bridgehead atoms. The van der Waals surface area contributed by atoms with Crippen molar-refractivity contribution in [1.82, 2.24) is 0 Å². The van der Waals surface area contributed by atoms with Crippen LogP contribution < -0.4 is 11.6 Å². The molecule has 0 aliphatic heterocycles. The Bertz CT molecular complexity index is 580. The van der Waals surface area contributed by atoms with E-state index in [-0.39, 0.29) is 37.8 Å². The van der Waals surface area contributed by atoms with E-state index in [2.05, 4.69) is 34.2 Å². The normalized spacial score (nSPS) is 9.27. The van der Waals surface area contributed by atoms with E-state index in [4.69, 9.17) is 50.0 Å². The fourth-order valence-electron chi connectivity index (χ4n) is 2.16. The summed E-state index contributed by atoms with van der Waals surface area (Å²) in [4.78, 5) is 38.4. The van der Waals surface area contributed by atoms with Gasteiger partial charge in [0.2, 0.25) is 0 Å². The van der Waals surface area contributed by atoms with Gasteiger partial charge in [-0.25, -0.2) is 10.8 Å². The van der Waals surface area contributed by atoms with Gasteiger partial charge in [-0.1, -0.05) is 33.6 Å². The first-order chi connectivity index (χ1) is 24.5. The van der Waals surface area contributed by atoms with Crippen LogP contribution in [-0.2, 0) is 52.5 Å². The molecule has 0 unspecified atom stereocenters. The summed E-state index contributed by atoms with van der Waals surface area (Å²) in [6.07, 6.45) is 7.48. The Hall–Kier alpha value is -1.71. The molecule has 0 amide bonds. The van der Waals surface area contributed by atoms with Gasteiger partial charge >= 0.3 is 5.97 Å². The Morgan fingerprint density at radius 3 is 1.45 bits per heavy atom. The van der Waals surface area contributed by atoms with E-state index in [0.29, 0.717) is 72.4 Å². The SMILES string of the molecule is CC(=O)CCCCO.CCCCCOO.CCCO.CCCOC.COCCOCC(C)=O.COCCOCCN.NOCCOCCC(=O)O. The molecule has 0 heterocycles. The molecule has 0 spiro atoms. The first-order valence-electron chi connectivity index (χ1n) is 17.4. The fourth-order valence-corrected chi connectivity index (χ4v) is 2.16. The van der Waals surface area contributed by atoms with Crippen molar-refractivity contribution in [2.45, 2.75) is 92.4 Å². The van der Waals surface area contributed by atoms with Crippen molar-refractivity contribution in [2.24, 2.45) is 11.6 Å². The number of aliphatic hydroxyl groups is 2. The minimum absolute atomic E-state index is 0.0184. The zero-order valence-electron chi connectivity index (χ0n) is 33.2. The first-order valence-corrected chi connectivity index (χ1v) is 17.4. The fraction of sp³-hybridized carbons (Fsp3) is 0.912. The molecule has 17 nitrogen and oxygen atoms in total. The van der Waals surface area contributed by atoms with Crippen LogP contribution in [0.1, 0.15) is 92.4 Å². The molecular formula is C34H78N2O15. The Morgan fingerprint density at radius 2 is 1.10 bits per heavy atom. The number of rotatable bonds is 27. The molecule has 17 heteroatoms. The third-order valence-corrected chi connectivity index (χ3v) is 4.64. The largest absolute Gasteiger partial charge is 0.481 e. The van der Waals surface area contributed by atoms with Crippen LogP contribution in [0.4, 0.5) is 0 Å². The Labute approximate surface area is 308 Å². The number of ketones is 2. The molecule has 0 radical (unpaired) electrons. The number of unbranched alkanes of at least 4 members (excludes halogenated alkanes) is 3. The van der Waals surface area contributed by atoms with Crippen molar-refractivity contribution in [1.29, 1.82) is 0 Å². The van der Waals surface area contributed by atoms with Gasteiger partial charge in [0.05, 0.1) is 65.9 Å². The molecule has 51 heavy (non-hydrogen) atoms. The van der Waals surface area contributed by atoms with Crippen LogP contribution in [0, 0.1) is 0 Å². The Kier molecular flexibility index (Phi) is 92.8. The lowest BCUT2D eigenvalue weighted by Crippen LogP contribution is -2.11. The van der Waals surface area contributed by atoms with Crippen molar-refractivity contribution in [2.75, 3.05) is 114 Å². The smallest absolute Gasteiger partial charge is 0.305 e. The summed E-state index contributed by atoms with van der Waals surface area (Å²) in [6.45, 7) is 15.7. The van der Waals surface area contributed by atoms with Gasteiger partial charge in [0.1, 0.15) is 12.4 Å². The van der Waals surface area contributed by atoms with Crippen LogP contribution >= 0.6 is 0 Å². The predicted molar refractivity (Wildman–Crippen MR) is 198 cm³/mol. The molecule has 8 N–H and O–H groups in total. The number of carbonyl (C=O) groups is 3. The number of carboxylic acid groups (broad SMARTS) is 1. The number of aliphatic hydroxyl groups excluding tert-OH is 2. The minimum Gasteiger partial charge on any atom is -0.481 e. The van der Waals surface area contributed by atoms with Crippen LogP contribution in [0.5, 0.6) is 0 Å². The highest BCUT2D eigenvalue weighted by Gasteiger charge is 1.95. The molecule has 0 aromatic carbocycles. The summed E-state index contributed by atoms with van der Waals surface area (Å²) < 4.78 is 28.7. The van der Waals surface area contributed by atoms with Gasteiger partial charge < -0.3 is 59.1 Å². The van der Waals surface area contributed by atoms with E-state index in [9.17, 15) is 14.4 Å². The highest BCUT2D eigenvalue weighted by molar-refractivity contribution is 5.76. The number of hydrogen-bond donors (Lipinski definition) is 6. The summed E-state index contributed by atoms with van der Waals surface area (Å²) >= 11 is 0. The summed E-state index contributed by atoms with van der Waals surface area (Å²) in [6, 6.07) is 0. The highest BCUT2D eigenvalue weighted by Crippen LogP contribution is 1.93. The summed E-state index contributed by atoms with van der Waals surface area (Å²) in [5, 5.41) is 32.1. The molecule has 314 valence electrons. The van der Waals surface area contributed by atoms with E-state index in [1.54, 1.807) is 28.3 Å². The number of methoxy groups -OCH3 is 3. The third-order valence-electron chi connectivity index (χ3n) is 4.64. The van der Waals surface area contributed by atoms with Crippen LogP contribution in [0.2, 0.25) is 0 Å². The van der Waals surface area contributed by atoms with Gasteiger partial charge in [-0.05, 0) is 46.0 Å². The number of nitrogens with two attached hydrogens (primary N) is 2. The van der Waals surface area contributed by atoms with Crippen molar-refractivity contribution in [3.05, 3.63) is 0 Å². The van der Waals surface area contributed by atoms with Gasteiger partial charge in [-0.2, -0.15) is 0 Å². The van der Waals surface area contributed by atoms with E-state index in [0.717, 1.165) is 45.1 Å². The van der Waals surface area contributed by atoms with E-state index in [1.165, 1.54) is 13.3 Å². The van der Waals surface area contributed by atoms with Crippen molar-refractivity contribution >= 4 is 17.5 Å². The average Bonchev–Trinajstić information content (AvgIpc) is 3.10. The van der Waals surface area contributed by atoms with E-state index < -0.39 is 5.97 Å². The zero-order chi connectivity index (χ0) is 40.7. The minimum atomic E-state index is -0.867. The second-order valence-corrected chi connectivity index (χ2v) is 9.91. The zero-order valence-corrected chi connectivity index (χ0v) is 33.2. The number of Topliss-reactive ketones (excluding diaryl/α,β-unsaturated/α-hetero) is 2. The van der Waals surface area contributed by atoms with Crippen molar-refractivity contribution in [3.8, 4) is 0 Å². The molecule has 0 saturated carbocycles. The van der Waals surface area contributed by atoms with E-state index >= 15 is 0 Å². The van der Waals surface area contributed by atoms with Crippen LogP contribution in [0.15, 0.2) is 0 Å². The molecular weight excluding hydrogens is 676 g/mol. The molecule has 0 rings (SSSR count). The lowest BCUT2D eigenvalue weighted by molar-refractivity contribution is -0.242. The number of carboxylic acids is 1. The standard InChI is InChI=1S/C6H12O3.C6H12O2.C5H11NO4.C5H13NO2.C5H12O2.C4H10O.C3H8O/c1-6(7)5-9-4-3-8-2;1-6(8)4-2-3-5-7;6-10-4-3-9-2-1-5(7)8;1-7-4-5-8-3-2-6;1-2-3-4-5-7-6;1-3-4-5-2;1-2-3-4/h3-5H2,1-2H3;7H,2-5H2,1H3;1-4,6H2,(H,7,8);2-6H2,1H3;6H,2-5H2,1H3;3-4H2,1-2H3;4H,2-3H2,1H3. The topological polar surface area (TPSA) is 258 Å².